The van der Waals surface area contributed by atoms with E-state index >= 15 is 0 Å². The fourth-order valence-corrected chi connectivity index (χ4v) is 4.28. The van der Waals surface area contributed by atoms with Crippen molar-refractivity contribution in [2.45, 2.75) is 38.1 Å². The quantitative estimate of drug-likeness (QED) is 0.529. The Morgan fingerprint density at radius 1 is 1.23 bits per heavy atom. The van der Waals surface area contributed by atoms with Crippen molar-refractivity contribution in [3.63, 3.8) is 0 Å². The molecule has 2 aliphatic rings. The molecule has 5 rings (SSSR count). The molecule has 1 aliphatic heterocycles. The third-order valence-electron chi connectivity index (χ3n) is 6.43. The molecule has 184 valence electrons. The summed E-state index contributed by atoms with van der Waals surface area (Å²) in [4.78, 5) is 30.6. The molecule has 0 radical (unpaired) electrons. The van der Waals surface area contributed by atoms with Gasteiger partial charge in [-0.25, -0.2) is 9.37 Å². The zero-order chi connectivity index (χ0) is 24.7. The highest BCUT2D eigenvalue weighted by atomic mass is 19.2. The third-order valence-corrected chi connectivity index (χ3v) is 6.43. The van der Waals surface area contributed by atoms with Crippen LogP contribution in [0.1, 0.15) is 41.6 Å². The van der Waals surface area contributed by atoms with Crippen molar-refractivity contribution < 1.29 is 27.8 Å². The van der Waals surface area contributed by atoms with Crippen LogP contribution in [0.15, 0.2) is 36.7 Å². The summed E-state index contributed by atoms with van der Waals surface area (Å²) in [6.07, 6.45) is 3.06. The first-order valence-electron chi connectivity index (χ1n) is 11.5. The molecule has 10 heteroatoms. The largest absolute Gasteiger partial charge is 0.496 e. The number of ether oxygens (including phenoxy) is 2. The number of methoxy groups -OCH3 is 1. The Morgan fingerprint density at radius 2 is 1.97 bits per heavy atom. The van der Waals surface area contributed by atoms with Crippen LogP contribution in [0.4, 0.5) is 8.78 Å². The van der Waals surface area contributed by atoms with E-state index in [1.807, 2.05) is 22.7 Å². The number of imidazole rings is 1. The van der Waals surface area contributed by atoms with Crippen molar-refractivity contribution in [1.29, 1.82) is 0 Å². The van der Waals surface area contributed by atoms with Gasteiger partial charge in [-0.05, 0) is 42.7 Å². The molecule has 1 N–H and O–H groups in total. The molecule has 1 saturated heterocycles. The lowest BCUT2D eigenvalue weighted by Crippen LogP contribution is -2.47. The van der Waals surface area contributed by atoms with E-state index in [0.29, 0.717) is 30.0 Å². The molecule has 2 amide bonds. The van der Waals surface area contributed by atoms with Gasteiger partial charge in [-0.2, -0.15) is 4.39 Å². The number of hydrogen-bond acceptors (Lipinski definition) is 5. The van der Waals surface area contributed by atoms with Crippen LogP contribution in [-0.4, -0.2) is 65.4 Å². The molecule has 1 aromatic carbocycles. The van der Waals surface area contributed by atoms with E-state index in [2.05, 4.69) is 10.3 Å². The van der Waals surface area contributed by atoms with E-state index in [4.69, 9.17) is 9.47 Å². The van der Waals surface area contributed by atoms with E-state index in [-0.39, 0.29) is 34.9 Å². The van der Waals surface area contributed by atoms with Gasteiger partial charge >= 0.3 is 0 Å². The average molecular weight is 485 g/mol. The molecule has 3 aromatic rings. The van der Waals surface area contributed by atoms with Gasteiger partial charge in [0, 0.05) is 43.7 Å². The summed E-state index contributed by atoms with van der Waals surface area (Å²) < 4.78 is 39.3. The monoisotopic (exact) mass is 484 g/mol. The smallest absolute Gasteiger partial charge is 0.266 e. The molecule has 1 aliphatic carbocycles. The Balaban J connectivity index is 1.50. The van der Waals surface area contributed by atoms with Crippen molar-refractivity contribution in [2.24, 2.45) is 0 Å². The highest BCUT2D eigenvalue weighted by Gasteiger charge is 2.31. The van der Waals surface area contributed by atoms with Crippen molar-refractivity contribution in [3.05, 3.63) is 47.8 Å². The minimum atomic E-state index is -2.22. The zero-order valence-corrected chi connectivity index (χ0v) is 19.5. The highest BCUT2D eigenvalue weighted by molar-refractivity contribution is 6.01. The summed E-state index contributed by atoms with van der Waals surface area (Å²) in [6, 6.07) is 7.17. The first-order valence-corrected chi connectivity index (χ1v) is 11.5. The number of hydrogen-bond donors (Lipinski definition) is 1. The van der Waals surface area contributed by atoms with Crippen LogP contribution in [0, 0.1) is 0 Å². The second-order valence-electron chi connectivity index (χ2n) is 8.93. The van der Waals surface area contributed by atoms with Crippen molar-refractivity contribution in [3.8, 4) is 22.8 Å². The summed E-state index contributed by atoms with van der Waals surface area (Å²) in [7, 11) is 1.41. The molecule has 1 unspecified atom stereocenters. The first-order chi connectivity index (χ1) is 16.9. The van der Waals surface area contributed by atoms with Crippen LogP contribution >= 0.6 is 0 Å². The Hall–Kier alpha value is -3.69. The standard InChI is InChI=1S/C25H26F2N4O4/c1-14(32)30-12-17(13-30)15-5-6-31-19(11-28-23(31)9-15)16-7-20(34-2)24(25(33)29-18-3-4-18)21(8-16)35-22(27)10-26/h5-9,11,17-18,22H,3-4,10,12-13H2,1-2H3,(H,29,33). The lowest BCUT2D eigenvalue weighted by atomic mass is 9.92. The van der Waals surface area contributed by atoms with Crippen molar-refractivity contribution in [1.82, 2.24) is 19.6 Å². The van der Waals surface area contributed by atoms with Crippen LogP contribution < -0.4 is 14.8 Å². The lowest BCUT2D eigenvalue weighted by molar-refractivity contribution is -0.133. The molecule has 3 heterocycles. The minimum absolute atomic E-state index is 0.0235. The number of aromatic nitrogens is 2. The molecule has 1 saturated carbocycles. The van der Waals surface area contributed by atoms with Crippen LogP contribution in [0.25, 0.3) is 16.9 Å². The van der Waals surface area contributed by atoms with E-state index < -0.39 is 18.9 Å². The van der Waals surface area contributed by atoms with Crippen molar-refractivity contribution in [2.75, 3.05) is 26.9 Å². The third kappa shape index (κ3) is 4.52. The van der Waals surface area contributed by atoms with E-state index in [1.54, 1.807) is 24.1 Å². The molecule has 2 aromatic heterocycles. The summed E-state index contributed by atoms with van der Waals surface area (Å²) >= 11 is 0. The predicted molar refractivity (Wildman–Crippen MR) is 124 cm³/mol. The fourth-order valence-electron chi connectivity index (χ4n) is 4.28. The van der Waals surface area contributed by atoms with Crippen LogP contribution in [0.5, 0.6) is 11.5 Å². The minimum Gasteiger partial charge on any atom is -0.496 e. The SMILES string of the molecule is COc1cc(-c2cnc3cc(C4CN(C(C)=O)C4)ccn23)cc(OC(F)CF)c1C(=O)NC1CC1. The van der Waals surface area contributed by atoms with Gasteiger partial charge in [0.2, 0.25) is 5.91 Å². The molecular weight excluding hydrogens is 458 g/mol. The Morgan fingerprint density at radius 3 is 2.63 bits per heavy atom. The van der Waals surface area contributed by atoms with Crippen LogP contribution in [0.3, 0.4) is 0 Å². The number of likely N-dealkylation sites (tertiary alicyclic amines) is 1. The fraction of sp³-hybridized carbons (Fsp3) is 0.400. The topological polar surface area (TPSA) is 85.2 Å². The zero-order valence-electron chi connectivity index (χ0n) is 19.5. The van der Waals surface area contributed by atoms with Gasteiger partial charge in [0.25, 0.3) is 12.3 Å². The van der Waals surface area contributed by atoms with Crippen molar-refractivity contribution >= 4 is 17.5 Å². The molecule has 2 fully saturated rings. The first kappa shape index (κ1) is 23.1. The summed E-state index contributed by atoms with van der Waals surface area (Å²) in [5, 5.41) is 2.84. The van der Waals surface area contributed by atoms with E-state index in [9.17, 15) is 18.4 Å². The number of nitrogens with one attached hydrogen (secondary N) is 1. The van der Waals surface area contributed by atoms with Gasteiger partial charge in [-0.15, -0.1) is 0 Å². The normalized spacial score (nSPS) is 16.6. The van der Waals surface area contributed by atoms with Crippen LogP contribution in [0.2, 0.25) is 0 Å². The maximum atomic E-state index is 13.9. The van der Waals surface area contributed by atoms with Gasteiger partial charge in [-0.1, -0.05) is 0 Å². The Labute approximate surface area is 200 Å². The number of carbonyl (C=O) groups excluding carboxylic acids is 2. The van der Waals surface area contributed by atoms with E-state index in [1.165, 1.54) is 13.2 Å². The van der Waals surface area contributed by atoms with Gasteiger partial charge < -0.3 is 19.7 Å². The average Bonchev–Trinajstić information content (AvgIpc) is 3.52. The summed E-state index contributed by atoms with van der Waals surface area (Å²) in [5.74, 6) is -0.0505. The maximum Gasteiger partial charge on any atom is 0.266 e. The number of carbonyl (C=O) groups is 2. The second kappa shape index (κ2) is 9.16. The molecular formula is C25H26F2N4O4. The van der Waals surface area contributed by atoms with Gasteiger partial charge in [-0.3, -0.25) is 14.0 Å². The molecule has 8 nitrogen and oxygen atoms in total. The summed E-state index contributed by atoms with van der Waals surface area (Å²) in [6.45, 7) is 1.57. The number of halogens is 2. The molecule has 0 bridgehead atoms. The maximum absolute atomic E-state index is 13.9. The molecule has 1 atom stereocenters. The van der Waals surface area contributed by atoms with Crippen LogP contribution in [-0.2, 0) is 4.79 Å². The number of fused-ring (bicyclic) bond motifs is 1. The second-order valence-corrected chi connectivity index (χ2v) is 8.93. The number of benzene rings is 1. The predicted octanol–water partition coefficient (Wildman–Crippen LogP) is 3.49. The number of amides is 2. The van der Waals surface area contributed by atoms with Gasteiger partial charge in [0.1, 0.15) is 22.7 Å². The number of pyridine rings is 1. The molecule has 0 spiro atoms. The Bertz CT molecular complexity index is 1280. The number of nitrogens with zero attached hydrogens (tertiary/aromatic N) is 3. The van der Waals surface area contributed by atoms with E-state index in [0.717, 1.165) is 18.4 Å². The highest BCUT2D eigenvalue weighted by Crippen LogP contribution is 2.37. The number of alkyl halides is 2. The van der Waals surface area contributed by atoms with Gasteiger partial charge in [0.05, 0.1) is 19.0 Å². The number of rotatable bonds is 8. The van der Waals surface area contributed by atoms with Gasteiger partial charge in [0.15, 0.2) is 6.67 Å². The molecule has 35 heavy (non-hydrogen) atoms. The lowest BCUT2D eigenvalue weighted by Gasteiger charge is -2.38. The summed E-state index contributed by atoms with van der Waals surface area (Å²) in [5.41, 5.74) is 3.04. The Kier molecular flexibility index (Phi) is 6.04.